The van der Waals surface area contributed by atoms with Crippen molar-refractivity contribution in [3.05, 3.63) is 46.6 Å². The van der Waals surface area contributed by atoms with Gasteiger partial charge in [-0.2, -0.15) is 18.2 Å². The molecule has 1 fully saturated rings. The van der Waals surface area contributed by atoms with Crippen LogP contribution in [0.3, 0.4) is 0 Å². The third-order valence-corrected chi connectivity index (χ3v) is 6.45. The van der Waals surface area contributed by atoms with E-state index in [4.69, 9.17) is 9.97 Å². The van der Waals surface area contributed by atoms with E-state index in [0.717, 1.165) is 68.6 Å². The standard InChI is InChI=1S/C24H30F3N5O/c1-32(2)21-19-5-3-4-6-20(19)30-23(31-21)29-18-13-11-17(12-14-18)28-22(33)15-7-9-16(10-8-15)24(25,26)27/h7-10,17-18H,3-6,11-14H2,1-2H3,(H,28,33)(H,29,30,31)/t17-,18+. The van der Waals surface area contributed by atoms with E-state index in [9.17, 15) is 18.0 Å². The van der Waals surface area contributed by atoms with E-state index in [1.54, 1.807) is 0 Å². The van der Waals surface area contributed by atoms with Gasteiger partial charge in [0.15, 0.2) is 0 Å². The van der Waals surface area contributed by atoms with Crippen molar-refractivity contribution < 1.29 is 18.0 Å². The molecular formula is C24H30F3N5O. The number of carbonyl (C=O) groups is 1. The summed E-state index contributed by atoms with van der Waals surface area (Å²) >= 11 is 0. The predicted molar refractivity (Wildman–Crippen MR) is 122 cm³/mol. The van der Waals surface area contributed by atoms with Crippen molar-refractivity contribution in [1.82, 2.24) is 15.3 Å². The number of hydrogen-bond donors (Lipinski definition) is 2. The van der Waals surface area contributed by atoms with Crippen molar-refractivity contribution in [3.63, 3.8) is 0 Å². The Hall–Kier alpha value is -2.84. The molecular weight excluding hydrogens is 431 g/mol. The summed E-state index contributed by atoms with van der Waals surface area (Å²) < 4.78 is 38.1. The first-order valence-corrected chi connectivity index (χ1v) is 11.5. The second-order valence-electron chi connectivity index (χ2n) is 9.14. The van der Waals surface area contributed by atoms with Crippen molar-refractivity contribution in [2.24, 2.45) is 0 Å². The minimum Gasteiger partial charge on any atom is -0.362 e. The molecule has 178 valence electrons. The number of carbonyl (C=O) groups excluding carboxylic acids is 1. The Bertz CT molecular complexity index is 983. The molecule has 0 bridgehead atoms. The molecule has 1 saturated carbocycles. The third-order valence-electron chi connectivity index (χ3n) is 6.45. The van der Waals surface area contributed by atoms with Crippen LogP contribution < -0.4 is 15.5 Å². The first-order valence-electron chi connectivity index (χ1n) is 11.5. The number of anilines is 2. The van der Waals surface area contributed by atoms with E-state index in [1.807, 2.05) is 19.0 Å². The van der Waals surface area contributed by atoms with Gasteiger partial charge in [-0.1, -0.05) is 0 Å². The summed E-state index contributed by atoms with van der Waals surface area (Å²) in [5.41, 5.74) is 1.88. The van der Waals surface area contributed by atoms with Gasteiger partial charge in [0.25, 0.3) is 5.91 Å². The molecule has 1 amide bonds. The van der Waals surface area contributed by atoms with E-state index >= 15 is 0 Å². The molecule has 9 heteroatoms. The van der Waals surface area contributed by atoms with Crippen LogP contribution in [0.5, 0.6) is 0 Å². The first kappa shape index (κ1) is 23.3. The first-order chi connectivity index (χ1) is 15.7. The van der Waals surface area contributed by atoms with Crippen LogP contribution in [0.15, 0.2) is 24.3 Å². The van der Waals surface area contributed by atoms with Crippen LogP contribution in [0.25, 0.3) is 0 Å². The maximum absolute atomic E-state index is 12.7. The van der Waals surface area contributed by atoms with Crippen LogP contribution >= 0.6 is 0 Å². The fourth-order valence-electron chi connectivity index (χ4n) is 4.65. The molecule has 2 aliphatic carbocycles. The normalized spacial score (nSPS) is 20.6. The quantitative estimate of drug-likeness (QED) is 0.682. The van der Waals surface area contributed by atoms with Crippen molar-refractivity contribution in [2.75, 3.05) is 24.3 Å². The average molecular weight is 462 g/mol. The van der Waals surface area contributed by atoms with Crippen molar-refractivity contribution in [2.45, 2.75) is 69.6 Å². The Balaban J connectivity index is 1.32. The van der Waals surface area contributed by atoms with Crippen LogP contribution in [0, 0.1) is 0 Å². The zero-order valence-electron chi connectivity index (χ0n) is 19.0. The average Bonchev–Trinajstić information content (AvgIpc) is 2.79. The molecule has 33 heavy (non-hydrogen) atoms. The Kier molecular flexibility index (Phi) is 6.76. The highest BCUT2D eigenvalue weighted by molar-refractivity contribution is 5.94. The van der Waals surface area contributed by atoms with Gasteiger partial charge in [-0.3, -0.25) is 4.79 Å². The molecule has 0 saturated heterocycles. The van der Waals surface area contributed by atoms with E-state index in [1.165, 1.54) is 24.1 Å². The molecule has 0 aliphatic heterocycles. The maximum atomic E-state index is 12.7. The van der Waals surface area contributed by atoms with Gasteiger partial charge in [-0.15, -0.1) is 0 Å². The minimum absolute atomic E-state index is 0.000343. The van der Waals surface area contributed by atoms with Crippen LogP contribution in [-0.2, 0) is 19.0 Å². The van der Waals surface area contributed by atoms with Crippen LogP contribution in [0.4, 0.5) is 24.9 Å². The highest BCUT2D eigenvalue weighted by Crippen LogP contribution is 2.30. The van der Waals surface area contributed by atoms with E-state index in [0.29, 0.717) is 5.95 Å². The second kappa shape index (κ2) is 9.57. The van der Waals surface area contributed by atoms with Gasteiger partial charge < -0.3 is 15.5 Å². The van der Waals surface area contributed by atoms with Crippen molar-refractivity contribution >= 4 is 17.7 Å². The Labute approximate surface area is 192 Å². The van der Waals surface area contributed by atoms with Crippen LogP contribution in [0.1, 0.15) is 65.7 Å². The number of rotatable bonds is 5. The number of aromatic nitrogens is 2. The number of halogens is 3. The number of nitrogens with zero attached hydrogens (tertiary/aromatic N) is 3. The number of hydrogen-bond acceptors (Lipinski definition) is 5. The zero-order valence-corrected chi connectivity index (χ0v) is 19.0. The topological polar surface area (TPSA) is 70.2 Å². The van der Waals surface area contributed by atoms with Crippen LogP contribution in [0.2, 0.25) is 0 Å². The fourth-order valence-corrected chi connectivity index (χ4v) is 4.65. The molecule has 2 aliphatic rings. The van der Waals surface area contributed by atoms with Gasteiger partial charge in [0, 0.05) is 37.3 Å². The van der Waals surface area contributed by atoms with Crippen molar-refractivity contribution in [3.8, 4) is 0 Å². The van der Waals surface area contributed by atoms with Crippen LogP contribution in [-0.4, -0.2) is 42.1 Å². The maximum Gasteiger partial charge on any atom is 0.416 e. The van der Waals surface area contributed by atoms with E-state index in [2.05, 4.69) is 10.6 Å². The summed E-state index contributed by atoms with van der Waals surface area (Å²) in [7, 11) is 4.01. The molecule has 2 N–H and O–H groups in total. The lowest BCUT2D eigenvalue weighted by atomic mass is 9.91. The predicted octanol–water partition coefficient (Wildman–Crippen LogP) is 4.59. The second-order valence-corrected chi connectivity index (χ2v) is 9.14. The molecule has 1 heterocycles. The number of fused-ring (bicyclic) bond motifs is 1. The SMILES string of the molecule is CN(C)c1nc(N[C@H]2CC[C@@H](NC(=O)c3ccc(C(F)(F)F)cc3)CC2)nc2c1CCCC2. The molecule has 2 aromatic rings. The molecule has 0 unspecified atom stereocenters. The van der Waals surface area contributed by atoms with Gasteiger partial charge in [0.05, 0.1) is 11.3 Å². The number of amides is 1. The minimum atomic E-state index is -4.41. The Morgan fingerprint density at radius 1 is 0.970 bits per heavy atom. The third kappa shape index (κ3) is 5.57. The Morgan fingerprint density at radius 2 is 1.61 bits per heavy atom. The highest BCUT2D eigenvalue weighted by atomic mass is 19.4. The Morgan fingerprint density at radius 3 is 2.24 bits per heavy atom. The lowest BCUT2D eigenvalue weighted by Crippen LogP contribution is -2.40. The molecule has 0 spiro atoms. The lowest BCUT2D eigenvalue weighted by Gasteiger charge is -2.30. The summed E-state index contributed by atoms with van der Waals surface area (Å²) in [6.07, 6.45) is 3.21. The largest absolute Gasteiger partial charge is 0.416 e. The highest BCUT2D eigenvalue weighted by Gasteiger charge is 2.30. The van der Waals surface area contributed by atoms with Gasteiger partial charge in [-0.25, -0.2) is 4.98 Å². The number of nitrogens with one attached hydrogen (secondary N) is 2. The van der Waals surface area contributed by atoms with Crippen molar-refractivity contribution in [1.29, 1.82) is 0 Å². The van der Waals surface area contributed by atoms with Gasteiger partial charge in [-0.05, 0) is 75.6 Å². The van der Waals surface area contributed by atoms with Gasteiger partial charge in [0.1, 0.15) is 5.82 Å². The van der Waals surface area contributed by atoms with Gasteiger partial charge in [0.2, 0.25) is 5.95 Å². The lowest BCUT2D eigenvalue weighted by molar-refractivity contribution is -0.137. The molecule has 1 aromatic heterocycles. The number of aryl methyl sites for hydroxylation is 1. The molecule has 0 radical (unpaired) electrons. The summed E-state index contributed by atoms with van der Waals surface area (Å²) in [5.74, 6) is 1.31. The molecule has 1 aromatic carbocycles. The van der Waals surface area contributed by atoms with E-state index in [-0.39, 0.29) is 23.6 Å². The molecule has 4 rings (SSSR count). The number of alkyl halides is 3. The smallest absolute Gasteiger partial charge is 0.362 e. The summed E-state index contributed by atoms with van der Waals surface area (Å²) in [4.78, 5) is 24.0. The zero-order chi connectivity index (χ0) is 23.6. The monoisotopic (exact) mass is 461 g/mol. The molecule has 6 nitrogen and oxygen atoms in total. The summed E-state index contributed by atoms with van der Waals surface area (Å²) in [6, 6.07) is 4.55. The van der Waals surface area contributed by atoms with E-state index < -0.39 is 11.7 Å². The number of benzene rings is 1. The molecule has 0 atom stereocenters. The summed E-state index contributed by atoms with van der Waals surface area (Å²) in [6.45, 7) is 0. The fraction of sp³-hybridized carbons (Fsp3) is 0.542. The van der Waals surface area contributed by atoms with Gasteiger partial charge >= 0.3 is 6.18 Å². The summed E-state index contributed by atoms with van der Waals surface area (Å²) in [5, 5.41) is 6.44.